The van der Waals surface area contributed by atoms with Crippen molar-refractivity contribution in [1.82, 2.24) is 5.32 Å². The number of benzene rings is 2. The molecule has 0 aromatic heterocycles. The molecule has 1 atom stereocenters. The number of amides is 1. The molecule has 0 fully saturated rings. The summed E-state index contributed by atoms with van der Waals surface area (Å²) in [5.41, 5.74) is 1.67. The fraction of sp³-hybridized carbons (Fsp3) is 0.278. The number of sulfonamides is 1. The summed E-state index contributed by atoms with van der Waals surface area (Å²) in [6.45, 7) is 5.70. The fourth-order valence-electron chi connectivity index (χ4n) is 2.10. The SMILES string of the molecule is CC[C@H](C)NC(=O)c1cccc(S(=O)(=O)Nc2ccccc2C)c1. The molecule has 2 aromatic carbocycles. The Bertz CT molecular complexity index is 832. The largest absolute Gasteiger partial charge is 0.350 e. The Hall–Kier alpha value is -2.34. The second kappa shape index (κ2) is 7.49. The van der Waals surface area contributed by atoms with Crippen LogP contribution in [-0.4, -0.2) is 20.4 Å². The smallest absolute Gasteiger partial charge is 0.261 e. The second-order valence-corrected chi connectivity index (χ2v) is 7.41. The molecule has 2 N–H and O–H groups in total. The van der Waals surface area contributed by atoms with Crippen molar-refractivity contribution in [3.8, 4) is 0 Å². The average Bonchev–Trinajstić information content (AvgIpc) is 2.56. The molecule has 0 heterocycles. The van der Waals surface area contributed by atoms with Gasteiger partial charge in [0.1, 0.15) is 0 Å². The third kappa shape index (κ3) is 4.35. The average molecular weight is 346 g/mol. The van der Waals surface area contributed by atoms with Crippen LogP contribution in [0.1, 0.15) is 36.2 Å². The zero-order valence-electron chi connectivity index (χ0n) is 14.0. The minimum atomic E-state index is -3.76. The van der Waals surface area contributed by atoms with Crippen molar-refractivity contribution in [2.75, 3.05) is 4.72 Å². The summed E-state index contributed by atoms with van der Waals surface area (Å²) in [6.07, 6.45) is 0.804. The predicted molar refractivity (Wildman–Crippen MR) is 95.6 cm³/mol. The lowest BCUT2D eigenvalue weighted by atomic mass is 10.2. The van der Waals surface area contributed by atoms with Gasteiger partial charge < -0.3 is 5.32 Å². The van der Waals surface area contributed by atoms with Crippen LogP contribution in [0, 0.1) is 6.92 Å². The highest BCUT2D eigenvalue weighted by Gasteiger charge is 2.17. The first kappa shape index (κ1) is 18.0. The van der Waals surface area contributed by atoms with Crippen LogP contribution in [0.2, 0.25) is 0 Å². The van der Waals surface area contributed by atoms with E-state index in [4.69, 9.17) is 0 Å². The Labute approximate surface area is 143 Å². The number of nitrogens with one attached hydrogen (secondary N) is 2. The first-order valence-corrected chi connectivity index (χ1v) is 9.31. The molecule has 6 heteroatoms. The van der Waals surface area contributed by atoms with Gasteiger partial charge in [0.05, 0.1) is 10.6 Å². The molecule has 0 bridgehead atoms. The van der Waals surface area contributed by atoms with Crippen LogP contribution in [0.25, 0.3) is 0 Å². The zero-order chi connectivity index (χ0) is 17.7. The van der Waals surface area contributed by atoms with Crippen LogP contribution in [0.15, 0.2) is 53.4 Å². The van der Waals surface area contributed by atoms with Crippen LogP contribution in [0.3, 0.4) is 0 Å². The topological polar surface area (TPSA) is 75.3 Å². The summed E-state index contributed by atoms with van der Waals surface area (Å²) in [6, 6.07) is 13.2. The van der Waals surface area contributed by atoms with E-state index in [2.05, 4.69) is 10.0 Å². The number of carbonyl (C=O) groups excluding carboxylic acids is 1. The van der Waals surface area contributed by atoms with Crippen LogP contribution in [0.4, 0.5) is 5.69 Å². The maximum atomic E-state index is 12.6. The molecular weight excluding hydrogens is 324 g/mol. The molecule has 0 saturated heterocycles. The Balaban J connectivity index is 2.27. The maximum absolute atomic E-state index is 12.6. The third-order valence-electron chi connectivity index (χ3n) is 3.79. The van der Waals surface area contributed by atoms with Crippen molar-refractivity contribution in [3.63, 3.8) is 0 Å². The van der Waals surface area contributed by atoms with Gasteiger partial charge in [-0.3, -0.25) is 9.52 Å². The van der Waals surface area contributed by atoms with E-state index in [9.17, 15) is 13.2 Å². The van der Waals surface area contributed by atoms with Crippen molar-refractivity contribution in [2.45, 2.75) is 38.1 Å². The summed E-state index contributed by atoms with van der Waals surface area (Å²) >= 11 is 0. The molecule has 0 radical (unpaired) electrons. The van der Waals surface area contributed by atoms with Crippen LogP contribution in [0.5, 0.6) is 0 Å². The molecule has 128 valence electrons. The number of rotatable bonds is 6. The lowest BCUT2D eigenvalue weighted by molar-refractivity contribution is 0.0939. The number of hydrogen-bond acceptors (Lipinski definition) is 3. The van der Waals surface area contributed by atoms with Gasteiger partial charge in [-0.05, 0) is 50.1 Å². The van der Waals surface area contributed by atoms with Gasteiger partial charge in [0.15, 0.2) is 0 Å². The molecule has 0 saturated carbocycles. The molecule has 5 nitrogen and oxygen atoms in total. The molecule has 2 aromatic rings. The molecule has 0 aliphatic rings. The van der Waals surface area contributed by atoms with Crippen molar-refractivity contribution in [2.24, 2.45) is 0 Å². The summed E-state index contributed by atoms with van der Waals surface area (Å²) in [5, 5.41) is 2.83. The van der Waals surface area contributed by atoms with Gasteiger partial charge in [-0.1, -0.05) is 31.2 Å². The van der Waals surface area contributed by atoms with Gasteiger partial charge in [-0.2, -0.15) is 0 Å². The Morgan fingerprint density at radius 3 is 2.50 bits per heavy atom. The van der Waals surface area contributed by atoms with Gasteiger partial charge in [0, 0.05) is 11.6 Å². The van der Waals surface area contributed by atoms with Crippen molar-refractivity contribution in [3.05, 3.63) is 59.7 Å². The highest BCUT2D eigenvalue weighted by atomic mass is 32.2. The minimum Gasteiger partial charge on any atom is -0.350 e. The van der Waals surface area contributed by atoms with E-state index >= 15 is 0 Å². The molecule has 0 spiro atoms. The Kier molecular flexibility index (Phi) is 5.62. The van der Waals surface area contributed by atoms with Crippen molar-refractivity contribution in [1.29, 1.82) is 0 Å². The third-order valence-corrected chi connectivity index (χ3v) is 5.15. The molecule has 2 rings (SSSR count). The number of aryl methyl sites for hydroxylation is 1. The van der Waals surface area contributed by atoms with E-state index in [0.717, 1.165) is 12.0 Å². The van der Waals surface area contributed by atoms with E-state index in [1.165, 1.54) is 12.1 Å². The highest BCUT2D eigenvalue weighted by molar-refractivity contribution is 7.92. The van der Waals surface area contributed by atoms with Crippen molar-refractivity contribution >= 4 is 21.6 Å². The van der Waals surface area contributed by atoms with Gasteiger partial charge in [-0.25, -0.2) is 8.42 Å². The van der Waals surface area contributed by atoms with Gasteiger partial charge in [0.2, 0.25) is 0 Å². The number of para-hydroxylation sites is 1. The molecule has 1 amide bonds. The standard InChI is InChI=1S/C18H22N2O3S/c1-4-14(3)19-18(21)15-9-7-10-16(12-15)24(22,23)20-17-11-6-5-8-13(17)2/h5-12,14,20H,4H2,1-3H3,(H,19,21)/t14-/m0/s1. The summed E-state index contributed by atoms with van der Waals surface area (Å²) in [4.78, 5) is 12.2. The summed E-state index contributed by atoms with van der Waals surface area (Å²) in [5.74, 6) is -0.280. The van der Waals surface area contributed by atoms with Gasteiger partial charge >= 0.3 is 0 Å². The van der Waals surface area contributed by atoms with Gasteiger partial charge in [-0.15, -0.1) is 0 Å². The highest BCUT2D eigenvalue weighted by Crippen LogP contribution is 2.20. The second-order valence-electron chi connectivity index (χ2n) is 5.73. The molecular formula is C18H22N2O3S. The predicted octanol–water partition coefficient (Wildman–Crippen LogP) is 3.32. The monoisotopic (exact) mass is 346 g/mol. The van der Waals surface area contributed by atoms with E-state index in [-0.39, 0.29) is 16.8 Å². The fourth-order valence-corrected chi connectivity index (χ4v) is 3.28. The maximum Gasteiger partial charge on any atom is 0.261 e. The first-order valence-electron chi connectivity index (χ1n) is 7.83. The molecule has 0 unspecified atom stereocenters. The zero-order valence-corrected chi connectivity index (χ0v) is 14.9. The number of anilines is 1. The quantitative estimate of drug-likeness (QED) is 0.842. The number of hydrogen-bond donors (Lipinski definition) is 2. The Morgan fingerprint density at radius 1 is 1.12 bits per heavy atom. The van der Waals surface area contributed by atoms with Crippen LogP contribution in [-0.2, 0) is 10.0 Å². The van der Waals surface area contributed by atoms with E-state index in [1.54, 1.807) is 24.3 Å². The van der Waals surface area contributed by atoms with Crippen molar-refractivity contribution < 1.29 is 13.2 Å². The van der Waals surface area contributed by atoms with Crippen LogP contribution < -0.4 is 10.0 Å². The Morgan fingerprint density at radius 2 is 1.83 bits per heavy atom. The molecule has 0 aliphatic heterocycles. The lowest BCUT2D eigenvalue weighted by Gasteiger charge is -2.13. The molecule has 24 heavy (non-hydrogen) atoms. The molecule has 0 aliphatic carbocycles. The number of carbonyl (C=O) groups is 1. The van der Waals surface area contributed by atoms with E-state index in [0.29, 0.717) is 11.3 Å². The van der Waals surface area contributed by atoms with Crippen LogP contribution >= 0.6 is 0 Å². The van der Waals surface area contributed by atoms with E-state index < -0.39 is 10.0 Å². The van der Waals surface area contributed by atoms with E-state index in [1.807, 2.05) is 32.9 Å². The summed E-state index contributed by atoms with van der Waals surface area (Å²) < 4.78 is 27.7. The lowest BCUT2D eigenvalue weighted by Crippen LogP contribution is -2.32. The minimum absolute atomic E-state index is 0.0304. The summed E-state index contributed by atoms with van der Waals surface area (Å²) in [7, 11) is -3.76. The normalized spacial score (nSPS) is 12.5. The van der Waals surface area contributed by atoms with Gasteiger partial charge in [0.25, 0.3) is 15.9 Å². The first-order chi connectivity index (χ1) is 11.3.